The van der Waals surface area contributed by atoms with Gasteiger partial charge in [-0.05, 0) is 48.6 Å². The Morgan fingerprint density at radius 3 is 2.81 bits per heavy atom. The Labute approximate surface area is 153 Å². The van der Waals surface area contributed by atoms with Gasteiger partial charge in [-0.2, -0.15) is 0 Å². The van der Waals surface area contributed by atoms with Gasteiger partial charge in [-0.1, -0.05) is 31.2 Å². The molecule has 136 valence electrons. The Morgan fingerprint density at radius 2 is 2.04 bits per heavy atom. The summed E-state index contributed by atoms with van der Waals surface area (Å²) in [6.45, 7) is 4.55. The molecule has 0 heterocycles. The van der Waals surface area contributed by atoms with Crippen molar-refractivity contribution < 1.29 is 19.4 Å². The van der Waals surface area contributed by atoms with E-state index >= 15 is 0 Å². The molecule has 4 nitrogen and oxygen atoms in total. The molecule has 0 amide bonds. The molecule has 0 saturated heterocycles. The molecule has 1 N–H and O–H groups in total. The van der Waals surface area contributed by atoms with Gasteiger partial charge in [0.2, 0.25) is 0 Å². The highest BCUT2D eigenvalue weighted by atomic mass is 16.5. The van der Waals surface area contributed by atoms with Crippen molar-refractivity contribution in [2.75, 3.05) is 6.61 Å². The van der Waals surface area contributed by atoms with E-state index in [2.05, 4.69) is 32.1 Å². The summed E-state index contributed by atoms with van der Waals surface area (Å²) in [4.78, 5) is 22.9. The molecule has 0 bridgehead atoms. The van der Waals surface area contributed by atoms with Crippen LogP contribution in [0.5, 0.6) is 5.75 Å². The fourth-order valence-electron chi connectivity index (χ4n) is 3.64. The molecule has 2 aliphatic rings. The summed E-state index contributed by atoms with van der Waals surface area (Å²) in [7, 11) is 0. The third-order valence-corrected chi connectivity index (χ3v) is 4.95. The van der Waals surface area contributed by atoms with Crippen molar-refractivity contribution in [1.82, 2.24) is 0 Å². The summed E-state index contributed by atoms with van der Waals surface area (Å²) < 4.78 is 5.95. The van der Waals surface area contributed by atoms with E-state index in [4.69, 9.17) is 9.84 Å². The van der Waals surface area contributed by atoms with E-state index in [0.717, 1.165) is 23.1 Å². The van der Waals surface area contributed by atoms with Crippen molar-refractivity contribution in [3.8, 4) is 5.75 Å². The van der Waals surface area contributed by atoms with Crippen molar-refractivity contribution in [2.45, 2.75) is 39.5 Å². The van der Waals surface area contributed by atoms with Gasteiger partial charge in [0.1, 0.15) is 5.75 Å². The van der Waals surface area contributed by atoms with Crippen molar-refractivity contribution >= 4 is 17.3 Å². The number of allylic oxidation sites excluding steroid dienone is 6. The Bertz CT molecular complexity index is 827. The molecule has 1 unspecified atom stereocenters. The Morgan fingerprint density at radius 1 is 1.23 bits per heavy atom. The standard InChI is InChI=1S/C22H24O4/c1-14-6-3-4-7-15(2)22(14)18-12-16-9-10-19(23)17(16)13-20(18)26-11-5-8-21(24)25/h3-4,6-7,12-14H,5,8-11H2,1-2H3,(H,24,25). The minimum Gasteiger partial charge on any atom is -0.493 e. The van der Waals surface area contributed by atoms with E-state index in [1.54, 1.807) is 0 Å². The first-order valence-electron chi connectivity index (χ1n) is 9.08. The molecule has 2 aliphatic carbocycles. The molecule has 0 saturated carbocycles. The van der Waals surface area contributed by atoms with Crippen LogP contribution in [0.25, 0.3) is 5.57 Å². The van der Waals surface area contributed by atoms with Gasteiger partial charge in [0.05, 0.1) is 6.61 Å². The molecule has 4 heteroatoms. The van der Waals surface area contributed by atoms with Crippen LogP contribution in [0.3, 0.4) is 0 Å². The third kappa shape index (κ3) is 3.79. The third-order valence-electron chi connectivity index (χ3n) is 4.95. The molecule has 0 spiro atoms. The van der Waals surface area contributed by atoms with Crippen LogP contribution in [0, 0.1) is 5.92 Å². The van der Waals surface area contributed by atoms with Crippen molar-refractivity contribution in [1.29, 1.82) is 0 Å². The highest BCUT2D eigenvalue weighted by Gasteiger charge is 2.25. The number of hydrogen-bond donors (Lipinski definition) is 1. The smallest absolute Gasteiger partial charge is 0.303 e. The van der Waals surface area contributed by atoms with E-state index in [1.165, 1.54) is 11.1 Å². The van der Waals surface area contributed by atoms with E-state index < -0.39 is 5.97 Å². The molecular weight excluding hydrogens is 328 g/mol. The van der Waals surface area contributed by atoms with Crippen LogP contribution in [0.4, 0.5) is 0 Å². The number of benzene rings is 1. The second-order valence-electron chi connectivity index (χ2n) is 6.90. The number of carboxylic acid groups (broad SMARTS) is 1. The number of ketones is 1. The van der Waals surface area contributed by atoms with Crippen LogP contribution in [0.15, 0.2) is 42.0 Å². The molecule has 3 rings (SSSR count). The number of aryl methyl sites for hydroxylation is 1. The molecule has 0 fully saturated rings. The zero-order valence-corrected chi connectivity index (χ0v) is 15.2. The predicted octanol–water partition coefficient (Wildman–Crippen LogP) is 4.59. The van der Waals surface area contributed by atoms with Crippen LogP contribution in [-0.4, -0.2) is 23.5 Å². The van der Waals surface area contributed by atoms with Crippen LogP contribution in [0.1, 0.15) is 54.6 Å². The van der Waals surface area contributed by atoms with Crippen molar-refractivity contribution in [3.05, 3.63) is 58.7 Å². The number of carboxylic acids is 1. The molecule has 26 heavy (non-hydrogen) atoms. The molecule has 1 aromatic rings. The zero-order valence-electron chi connectivity index (χ0n) is 15.2. The van der Waals surface area contributed by atoms with Crippen LogP contribution >= 0.6 is 0 Å². The highest BCUT2D eigenvalue weighted by Crippen LogP contribution is 2.39. The minimum absolute atomic E-state index is 0.0722. The fourth-order valence-corrected chi connectivity index (χ4v) is 3.64. The number of rotatable bonds is 6. The summed E-state index contributed by atoms with van der Waals surface area (Å²) in [5.74, 6) is 0.223. The van der Waals surface area contributed by atoms with Gasteiger partial charge >= 0.3 is 5.97 Å². The quantitative estimate of drug-likeness (QED) is 0.760. The first kappa shape index (κ1) is 18.2. The molecule has 1 aromatic carbocycles. The number of Topliss-reactive ketones (excluding diaryl/α,β-unsaturated/α-hetero) is 1. The van der Waals surface area contributed by atoms with Gasteiger partial charge in [0, 0.05) is 29.9 Å². The number of aliphatic carboxylic acids is 1. The number of carbonyl (C=O) groups is 2. The average molecular weight is 352 g/mol. The lowest BCUT2D eigenvalue weighted by Gasteiger charge is -2.20. The largest absolute Gasteiger partial charge is 0.493 e. The van der Waals surface area contributed by atoms with Crippen LogP contribution in [-0.2, 0) is 11.2 Å². The van der Waals surface area contributed by atoms with Crippen LogP contribution in [0.2, 0.25) is 0 Å². The molecule has 0 aromatic heterocycles. The van der Waals surface area contributed by atoms with Crippen LogP contribution < -0.4 is 4.74 Å². The van der Waals surface area contributed by atoms with E-state index in [1.807, 2.05) is 18.2 Å². The maximum Gasteiger partial charge on any atom is 0.303 e. The molecule has 0 radical (unpaired) electrons. The summed E-state index contributed by atoms with van der Waals surface area (Å²) in [6.07, 6.45) is 10.1. The summed E-state index contributed by atoms with van der Waals surface area (Å²) in [5.41, 5.74) is 5.18. The number of fused-ring (bicyclic) bond motifs is 1. The first-order valence-corrected chi connectivity index (χ1v) is 9.08. The number of hydrogen-bond acceptors (Lipinski definition) is 3. The summed E-state index contributed by atoms with van der Waals surface area (Å²) in [5, 5.41) is 8.81. The Hall–Kier alpha value is -2.62. The van der Waals surface area contributed by atoms with Gasteiger partial charge in [-0.3, -0.25) is 9.59 Å². The zero-order chi connectivity index (χ0) is 18.7. The molecule has 1 atom stereocenters. The molecular formula is C22H24O4. The monoisotopic (exact) mass is 352 g/mol. The summed E-state index contributed by atoms with van der Waals surface area (Å²) in [6, 6.07) is 3.95. The summed E-state index contributed by atoms with van der Waals surface area (Å²) >= 11 is 0. The fraction of sp³-hybridized carbons (Fsp3) is 0.364. The Kier molecular flexibility index (Phi) is 5.40. The average Bonchev–Trinajstić information content (AvgIpc) is 2.86. The van der Waals surface area contributed by atoms with Gasteiger partial charge in [0.15, 0.2) is 5.78 Å². The first-order chi connectivity index (χ1) is 12.5. The highest BCUT2D eigenvalue weighted by molar-refractivity contribution is 6.01. The number of ether oxygens (including phenoxy) is 1. The maximum absolute atomic E-state index is 12.1. The topological polar surface area (TPSA) is 63.6 Å². The second kappa shape index (κ2) is 7.73. The van der Waals surface area contributed by atoms with E-state index in [-0.39, 0.29) is 18.1 Å². The number of carbonyl (C=O) groups excluding carboxylic acids is 1. The van der Waals surface area contributed by atoms with E-state index in [9.17, 15) is 9.59 Å². The normalized spacial score (nSPS) is 18.8. The minimum atomic E-state index is -0.829. The lowest BCUT2D eigenvalue weighted by molar-refractivity contribution is -0.137. The van der Waals surface area contributed by atoms with Gasteiger partial charge in [-0.15, -0.1) is 0 Å². The second-order valence-corrected chi connectivity index (χ2v) is 6.90. The Balaban J connectivity index is 2.00. The lowest BCUT2D eigenvalue weighted by atomic mass is 9.88. The van der Waals surface area contributed by atoms with Gasteiger partial charge in [-0.25, -0.2) is 0 Å². The van der Waals surface area contributed by atoms with Gasteiger partial charge in [0.25, 0.3) is 0 Å². The lowest BCUT2D eigenvalue weighted by Crippen LogP contribution is -2.07. The van der Waals surface area contributed by atoms with Gasteiger partial charge < -0.3 is 9.84 Å². The predicted molar refractivity (Wildman–Crippen MR) is 101 cm³/mol. The van der Waals surface area contributed by atoms with Crippen molar-refractivity contribution in [3.63, 3.8) is 0 Å². The van der Waals surface area contributed by atoms with E-state index in [0.29, 0.717) is 25.2 Å². The van der Waals surface area contributed by atoms with Crippen molar-refractivity contribution in [2.24, 2.45) is 5.92 Å². The maximum atomic E-state index is 12.1. The SMILES string of the molecule is CC1=C(c2cc3c(cc2OCCCC(=O)O)C(=O)CC3)C(C)C=CC=C1. The molecule has 0 aliphatic heterocycles.